The van der Waals surface area contributed by atoms with E-state index >= 15 is 0 Å². The number of carbonyl (C=O) groups excluding carboxylic acids is 1. The third kappa shape index (κ3) is 4.02. The molecule has 1 aromatic rings. The average molecular weight is 421 g/mol. The number of nitrogens with zero attached hydrogens (tertiary/aromatic N) is 1. The Hall–Kier alpha value is -2.46. The van der Waals surface area contributed by atoms with Gasteiger partial charge >= 0.3 is 5.97 Å². The summed E-state index contributed by atoms with van der Waals surface area (Å²) in [6.45, 7) is 6.07. The van der Waals surface area contributed by atoms with Crippen molar-refractivity contribution >= 4 is 21.9 Å². The quantitative estimate of drug-likeness (QED) is 0.701. The van der Waals surface area contributed by atoms with Crippen molar-refractivity contribution in [2.45, 2.75) is 33.1 Å². The van der Waals surface area contributed by atoms with Crippen LogP contribution in [0.25, 0.3) is 0 Å². The van der Waals surface area contributed by atoms with Gasteiger partial charge in [0.1, 0.15) is 23.2 Å². The molecule has 2 rings (SSSR count). The van der Waals surface area contributed by atoms with E-state index in [4.69, 9.17) is 19.9 Å². The molecule has 6 nitrogen and oxygen atoms in total. The van der Waals surface area contributed by atoms with Gasteiger partial charge in [0.05, 0.1) is 24.7 Å². The minimum atomic E-state index is -0.715. The highest BCUT2D eigenvalue weighted by Crippen LogP contribution is 2.43. The van der Waals surface area contributed by atoms with Gasteiger partial charge in [-0.25, -0.2) is 4.79 Å². The minimum Gasteiger partial charge on any atom is -0.493 e. The van der Waals surface area contributed by atoms with E-state index in [0.29, 0.717) is 23.7 Å². The fourth-order valence-corrected chi connectivity index (χ4v) is 3.09. The first-order valence-electron chi connectivity index (χ1n) is 8.32. The summed E-state index contributed by atoms with van der Waals surface area (Å²) in [7, 11) is 0. The van der Waals surface area contributed by atoms with Gasteiger partial charge in [0, 0.05) is 10.0 Å². The van der Waals surface area contributed by atoms with Gasteiger partial charge in [-0.3, -0.25) is 0 Å². The third-order valence-corrected chi connectivity index (χ3v) is 4.34. The Morgan fingerprint density at radius 1 is 1.42 bits per heavy atom. The highest BCUT2D eigenvalue weighted by atomic mass is 79.9. The number of ether oxygens (including phenoxy) is 3. The van der Waals surface area contributed by atoms with E-state index in [0.717, 1.165) is 10.9 Å². The predicted octanol–water partition coefficient (Wildman–Crippen LogP) is 3.88. The molecular weight excluding hydrogens is 400 g/mol. The highest BCUT2D eigenvalue weighted by Gasteiger charge is 2.37. The Morgan fingerprint density at radius 2 is 2.15 bits per heavy atom. The first-order chi connectivity index (χ1) is 12.4. The number of rotatable bonds is 6. The lowest BCUT2D eigenvalue weighted by molar-refractivity contribution is -0.139. The molecule has 0 saturated carbocycles. The Balaban J connectivity index is 2.66. The molecule has 7 heteroatoms. The van der Waals surface area contributed by atoms with Crippen LogP contribution in [0.4, 0.5) is 0 Å². The van der Waals surface area contributed by atoms with E-state index < -0.39 is 11.9 Å². The first-order valence-corrected chi connectivity index (χ1v) is 9.11. The molecular formula is C19H21BrN2O4. The third-order valence-electron chi connectivity index (χ3n) is 3.85. The zero-order valence-corrected chi connectivity index (χ0v) is 16.6. The summed E-state index contributed by atoms with van der Waals surface area (Å²) in [4.78, 5) is 12.6. The maximum Gasteiger partial charge on any atom is 0.338 e. The van der Waals surface area contributed by atoms with Crippen molar-refractivity contribution in [3.05, 3.63) is 51.0 Å². The summed E-state index contributed by atoms with van der Waals surface area (Å²) < 4.78 is 17.3. The Kier molecular flexibility index (Phi) is 6.70. The monoisotopic (exact) mass is 420 g/mol. The molecule has 1 aliphatic heterocycles. The lowest BCUT2D eigenvalue weighted by atomic mass is 9.82. The molecule has 0 radical (unpaired) electrons. The molecule has 1 aromatic carbocycles. The number of esters is 1. The van der Waals surface area contributed by atoms with Crippen molar-refractivity contribution in [3.8, 4) is 11.8 Å². The van der Waals surface area contributed by atoms with Crippen molar-refractivity contribution in [1.82, 2.24) is 0 Å². The van der Waals surface area contributed by atoms with Crippen LogP contribution in [0.5, 0.6) is 5.75 Å². The molecule has 0 spiro atoms. The van der Waals surface area contributed by atoms with Crippen LogP contribution in [-0.4, -0.2) is 19.2 Å². The van der Waals surface area contributed by atoms with Crippen LogP contribution in [0.1, 0.15) is 38.7 Å². The Bertz CT molecular complexity index is 808. The van der Waals surface area contributed by atoms with Gasteiger partial charge < -0.3 is 19.9 Å². The van der Waals surface area contributed by atoms with Crippen molar-refractivity contribution in [2.75, 3.05) is 13.2 Å². The van der Waals surface area contributed by atoms with E-state index in [2.05, 4.69) is 22.0 Å². The molecule has 0 aliphatic carbocycles. The molecule has 1 aliphatic rings. The average Bonchev–Trinajstić information content (AvgIpc) is 2.59. The Morgan fingerprint density at radius 3 is 2.77 bits per heavy atom. The topological polar surface area (TPSA) is 94.6 Å². The molecule has 1 unspecified atom stereocenters. The number of nitrogens with two attached hydrogens (primary N) is 1. The van der Waals surface area contributed by atoms with Crippen LogP contribution in [0.3, 0.4) is 0 Å². The second kappa shape index (κ2) is 8.77. The normalized spacial score (nSPS) is 16.8. The lowest BCUT2D eigenvalue weighted by Gasteiger charge is -2.28. The summed E-state index contributed by atoms with van der Waals surface area (Å²) in [5, 5.41) is 9.64. The molecule has 0 amide bonds. The van der Waals surface area contributed by atoms with E-state index in [1.54, 1.807) is 13.8 Å². The Labute approximate surface area is 161 Å². The number of nitriles is 1. The molecule has 0 fully saturated rings. The van der Waals surface area contributed by atoms with Crippen molar-refractivity contribution < 1.29 is 19.0 Å². The van der Waals surface area contributed by atoms with Crippen molar-refractivity contribution in [3.63, 3.8) is 0 Å². The van der Waals surface area contributed by atoms with Crippen LogP contribution in [0.2, 0.25) is 0 Å². The zero-order chi connectivity index (χ0) is 19.3. The van der Waals surface area contributed by atoms with Gasteiger partial charge in [-0.1, -0.05) is 28.9 Å². The summed E-state index contributed by atoms with van der Waals surface area (Å²) >= 11 is 3.43. The summed E-state index contributed by atoms with van der Waals surface area (Å²) in [6.07, 6.45) is 0.822. The number of halogens is 1. The van der Waals surface area contributed by atoms with Gasteiger partial charge in [-0.15, -0.1) is 0 Å². The standard InChI is InChI=1S/C19H21BrN2O4/c1-4-8-25-15-9-12(20)6-7-13(15)17-14(10-21)18(22)26-11(3)16(17)19(23)24-5-2/h6-7,9,17H,4-5,8,22H2,1-3H3. The molecule has 0 saturated heterocycles. The van der Waals surface area contributed by atoms with Gasteiger partial charge in [-0.2, -0.15) is 5.26 Å². The molecule has 1 heterocycles. The van der Waals surface area contributed by atoms with Crippen LogP contribution in [0.15, 0.2) is 45.5 Å². The fourth-order valence-electron chi connectivity index (χ4n) is 2.75. The molecule has 0 aromatic heterocycles. The maximum absolute atomic E-state index is 12.6. The lowest BCUT2D eigenvalue weighted by Crippen LogP contribution is -2.26. The van der Waals surface area contributed by atoms with E-state index in [-0.39, 0.29) is 23.6 Å². The van der Waals surface area contributed by atoms with Gasteiger partial charge in [0.25, 0.3) is 0 Å². The molecule has 2 N–H and O–H groups in total. The van der Waals surface area contributed by atoms with E-state index in [9.17, 15) is 10.1 Å². The second-order valence-electron chi connectivity index (χ2n) is 5.65. The summed E-state index contributed by atoms with van der Waals surface area (Å²) in [5.74, 6) is -0.391. The van der Waals surface area contributed by atoms with Crippen LogP contribution >= 0.6 is 15.9 Å². The van der Waals surface area contributed by atoms with E-state index in [1.807, 2.05) is 25.1 Å². The number of benzene rings is 1. The fraction of sp³-hybridized carbons (Fsp3) is 0.368. The zero-order valence-electron chi connectivity index (χ0n) is 15.0. The highest BCUT2D eigenvalue weighted by molar-refractivity contribution is 9.10. The summed E-state index contributed by atoms with van der Waals surface area (Å²) in [5.41, 5.74) is 6.99. The van der Waals surface area contributed by atoms with Crippen LogP contribution < -0.4 is 10.5 Å². The van der Waals surface area contributed by atoms with E-state index in [1.165, 1.54) is 0 Å². The van der Waals surface area contributed by atoms with Gasteiger partial charge in [0.15, 0.2) is 0 Å². The predicted molar refractivity (Wildman–Crippen MR) is 99.9 cm³/mol. The first kappa shape index (κ1) is 19.9. The number of hydrogen-bond donors (Lipinski definition) is 1. The smallest absolute Gasteiger partial charge is 0.338 e. The van der Waals surface area contributed by atoms with Crippen molar-refractivity contribution in [2.24, 2.45) is 5.73 Å². The van der Waals surface area contributed by atoms with Crippen LogP contribution in [-0.2, 0) is 14.3 Å². The number of hydrogen-bond acceptors (Lipinski definition) is 6. The minimum absolute atomic E-state index is 0.0209. The SMILES string of the molecule is CCCOc1cc(Br)ccc1C1C(C#N)=C(N)OC(C)=C1C(=O)OCC. The van der Waals surface area contributed by atoms with Crippen molar-refractivity contribution in [1.29, 1.82) is 5.26 Å². The van der Waals surface area contributed by atoms with Crippen LogP contribution in [0, 0.1) is 11.3 Å². The maximum atomic E-state index is 12.6. The largest absolute Gasteiger partial charge is 0.493 e. The van der Waals surface area contributed by atoms with Gasteiger partial charge in [-0.05, 0) is 32.4 Å². The summed E-state index contributed by atoms with van der Waals surface area (Å²) in [6, 6.07) is 7.51. The second-order valence-corrected chi connectivity index (χ2v) is 6.56. The van der Waals surface area contributed by atoms with Gasteiger partial charge in [0.2, 0.25) is 5.88 Å². The molecule has 0 bridgehead atoms. The number of carbonyl (C=O) groups is 1. The molecule has 138 valence electrons. The number of allylic oxidation sites excluding steroid dienone is 2. The molecule has 26 heavy (non-hydrogen) atoms. The molecule has 1 atom stereocenters.